The van der Waals surface area contributed by atoms with Crippen molar-refractivity contribution in [1.29, 1.82) is 0 Å². The third-order valence-corrected chi connectivity index (χ3v) is 5.63. The number of nitrogens with one attached hydrogen (secondary N) is 1. The van der Waals surface area contributed by atoms with Crippen LogP contribution in [0.2, 0.25) is 15.1 Å². The largest absolute Gasteiger partial charge is 0.489 e. The zero-order valence-electron chi connectivity index (χ0n) is 16.8. The first kappa shape index (κ1) is 22.2. The zero-order chi connectivity index (χ0) is 22.5. The van der Waals surface area contributed by atoms with Gasteiger partial charge in [0.25, 0.3) is 5.91 Å². The minimum atomic E-state index is -0.264. The van der Waals surface area contributed by atoms with E-state index in [1.54, 1.807) is 71.5 Å². The second-order valence-electron chi connectivity index (χ2n) is 7.00. The van der Waals surface area contributed by atoms with Gasteiger partial charge in [-0.15, -0.1) is 0 Å². The number of ether oxygens (including phenoxy) is 1. The van der Waals surface area contributed by atoms with Crippen molar-refractivity contribution < 1.29 is 9.53 Å². The van der Waals surface area contributed by atoms with Crippen molar-refractivity contribution in [3.63, 3.8) is 0 Å². The SMILES string of the molecule is O=C(Nc1ccn(Cc2c(Cl)cccc2Cl)n1)c1cccc(COc2ccc(Cl)cc2)c1. The second-order valence-corrected chi connectivity index (χ2v) is 8.25. The molecule has 32 heavy (non-hydrogen) atoms. The fourth-order valence-corrected chi connectivity index (χ4v) is 3.69. The molecule has 5 nitrogen and oxygen atoms in total. The molecule has 1 aromatic heterocycles. The summed E-state index contributed by atoms with van der Waals surface area (Å²) in [4.78, 5) is 12.7. The van der Waals surface area contributed by atoms with Gasteiger partial charge in [0.15, 0.2) is 5.82 Å². The molecule has 0 fully saturated rings. The normalized spacial score (nSPS) is 10.7. The Hall–Kier alpha value is -2.99. The summed E-state index contributed by atoms with van der Waals surface area (Å²) in [5.41, 5.74) is 2.14. The number of carbonyl (C=O) groups is 1. The van der Waals surface area contributed by atoms with Crippen LogP contribution in [0.4, 0.5) is 5.82 Å². The summed E-state index contributed by atoms with van der Waals surface area (Å²) in [5, 5.41) is 8.98. The minimum absolute atomic E-state index is 0.264. The van der Waals surface area contributed by atoms with Crippen LogP contribution in [0.3, 0.4) is 0 Å². The standard InChI is InChI=1S/C24H18Cl3N3O2/c25-18-7-9-19(10-8-18)32-15-16-3-1-4-17(13-16)24(31)28-23-11-12-30(29-23)14-20-21(26)5-2-6-22(20)27/h1-13H,14-15H2,(H,28,29,31). The van der Waals surface area contributed by atoms with Crippen molar-refractivity contribution in [3.05, 3.63) is 111 Å². The Morgan fingerprint density at radius 3 is 2.41 bits per heavy atom. The van der Waals surface area contributed by atoms with Gasteiger partial charge in [0.2, 0.25) is 0 Å². The monoisotopic (exact) mass is 485 g/mol. The molecule has 0 bridgehead atoms. The number of hydrogen-bond acceptors (Lipinski definition) is 3. The summed E-state index contributed by atoms with van der Waals surface area (Å²) >= 11 is 18.3. The molecule has 1 amide bonds. The molecule has 8 heteroatoms. The van der Waals surface area contributed by atoms with E-state index in [4.69, 9.17) is 39.5 Å². The maximum atomic E-state index is 12.7. The van der Waals surface area contributed by atoms with Crippen LogP contribution in [0.5, 0.6) is 5.75 Å². The number of amides is 1. The van der Waals surface area contributed by atoms with Crippen LogP contribution in [0.25, 0.3) is 0 Å². The van der Waals surface area contributed by atoms with Crippen LogP contribution in [0, 0.1) is 0 Å². The molecule has 0 unspecified atom stereocenters. The smallest absolute Gasteiger partial charge is 0.256 e. The van der Waals surface area contributed by atoms with Crippen LogP contribution in [0.15, 0.2) is 79.0 Å². The molecule has 4 rings (SSSR count). The molecular weight excluding hydrogens is 469 g/mol. The Morgan fingerprint density at radius 2 is 1.66 bits per heavy atom. The fraction of sp³-hybridized carbons (Fsp3) is 0.0833. The lowest BCUT2D eigenvalue weighted by Gasteiger charge is -2.08. The van der Waals surface area contributed by atoms with Crippen molar-refractivity contribution in [2.45, 2.75) is 13.2 Å². The summed E-state index contributed by atoms with van der Waals surface area (Å²) in [6, 6.07) is 21.4. The number of nitrogens with zero attached hydrogens (tertiary/aromatic N) is 2. The molecule has 162 valence electrons. The van der Waals surface area contributed by atoms with Gasteiger partial charge in [-0.1, -0.05) is 53.0 Å². The summed E-state index contributed by atoms with van der Waals surface area (Å²) in [7, 11) is 0. The molecule has 3 aromatic carbocycles. The van der Waals surface area contributed by atoms with Gasteiger partial charge in [-0.2, -0.15) is 5.10 Å². The van der Waals surface area contributed by atoms with Gasteiger partial charge in [-0.3, -0.25) is 9.48 Å². The molecule has 0 spiro atoms. The maximum absolute atomic E-state index is 12.7. The third-order valence-electron chi connectivity index (χ3n) is 4.67. The van der Waals surface area contributed by atoms with Crippen LogP contribution >= 0.6 is 34.8 Å². The fourth-order valence-electron chi connectivity index (χ4n) is 3.05. The van der Waals surface area contributed by atoms with Gasteiger partial charge >= 0.3 is 0 Å². The van der Waals surface area contributed by atoms with E-state index in [9.17, 15) is 4.79 Å². The van der Waals surface area contributed by atoms with E-state index in [2.05, 4.69) is 10.4 Å². The van der Waals surface area contributed by atoms with E-state index in [0.717, 1.165) is 11.1 Å². The molecule has 1 heterocycles. The van der Waals surface area contributed by atoms with Gasteiger partial charge in [-0.05, 0) is 54.1 Å². The Bertz CT molecular complexity index is 1220. The van der Waals surface area contributed by atoms with E-state index >= 15 is 0 Å². The van der Waals surface area contributed by atoms with Crippen molar-refractivity contribution in [2.75, 3.05) is 5.32 Å². The molecule has 0 aliphatic carbocycles. The number of hydrogen-bond donors (Lipinski definition) is 1. The first-order valence-corrected chi connectivity index (χ1v) is 10.9. The Labute approximate surface area is 200 Å². The zero-order valence-corrected chi connectivity index (χ0v) is 19.0. The molecule has 1 N–H and O–H groups in total. The van der Waals surface area contributed by atoms with Crippen molar-refractivity contribution in [1.82, 2.24) is 9.78 Å². The van der Waals surface area contributed by atoms with Gasteiger partial charge in [0.05, 0.1) is 6.54 Å². The van der Waals surface area contributed by atoms with Gasteiger partial charge in [0, 0.05) is 38.5 Å². The number of carbonyl (C=O) groups excluding carboxylic acids is 1. The van der Waals surface area contributed by atoms with Crippen LogP contribution in [-0.4, -0.2) is 15.7 Å². The number of halogens is 3. The van der Waals surface area contributed by atoms with Crippen LogP contribution in [-0.2, 0) is 13.2 Å². The first-order valence-electron chi connectivity index (χ1n) is 9.73. The molecule has 4 aromatic rings. The highest BCUT2D eigenvalue weighted by atomic mass is 35.5. The Balaban J connectivity index is 1.39. The van der Waals surface area contributed by atoms with Crippen molar-refractivity contribution in [3.8, 4) is 5.75 Å². The minimum Gasteiger partial charge on any atom is -0.489 e. The molecule has 0 radical (unpaired) electrons. The van der Waals surface area contributed by atoms with Gasteiger partial charge in [-0.25, -0.2) is 0 Å². The lowest BCUT2D eigenvalue weighted by atomic mass is 10.1. The van der Waals surface area contributed by atoms with E-state index in [1.165, 1.54) is 0 Å². The van der Waals surface area contributed by atoms with Crippen molar-refractivity contribution in [2.24, 2.45) is 0 Å². The predicted octanol–water partition coefficient (Wildman–Crippen LogP) is 6.72. The topological polar surface area (TPSA) is 56.2 Å². The second kappa shape index (κ2) is 10.1. The quantitative estimate of drug-likeness (QED) is 0.315. The average molecular weight is 487 g/mol. The van der Waals surface area contributed by atoms with E-state index in [0.29, 0.717) is 45.4 Å². The average Bonchev–Trinajstić information content (AvgIpc) is 3.23. The summed E-state index contributed by atoms with van der Waals surface area (Å²) in [6.07, 6.45) is 1.76. The number of anilines is 1. The summed E-state index contributed by atoms with van der Waals surface area (Å²) in [6.45, 7) is 0.724. The van der Waals surface area contributed by atoms with Gasteiger partial charge < -0.3 is 10.1 Å². The van der Waals surface area contributed by atoms with Crippen LogP contribution in [0.1, 0.15) is 21.5 Å². The van der Waals surface area contributed by atoms with E-state index < -0.39 is 0 Å². The van der Waals surface area contributed by atoms with E-state index in [-0.39, 0.29) is 5.91 Å². The first-order chi connectivity index (χ1) is 15.5. The van der Waals surface area contributed by atoms with Gasteiger partial charge in [0.1, 0.15) is 12.4 Å². The molecular formula is C24H18Cl3N3O2. The summed E-state index contributed by atoms with van der Waals surface area (Å²) < 4.78 is 7.42. The van der Waals surface area contributed by atoms with Crippen molar-refractivity contribution >= 4 is 46.5 Å². The highest BCUT2D eigenvalue weighted by Gasteiger charge is 2.11. The molecule has 0 atom stereocenters. The Morgan fingerprint density at radius 1 is 0.938 bits per heavy atom. The molecule has 0 aliphatic rings. The highest BCUT2D eigenvalue weighted by Crippen LogP contribution is 2.25. The lowest BCUT2D eigenvalue weighted by Crippen LogP contribution is -2.13. The summed E-state index contributed by atoms with van der Waals surface area (Å²) in [5.74, 6) is 0.869. The maximum Gasteiger partial charge on any atom is 0.256 e. The highest BCUT2D eigenvalue weighted by molar-refractivity contribution is 6.36. The third kappa shape index (κ3) is 5.62. The lowest BCUT2D eigenvalue weighted by molar-refractivity contribution is 0.102. The molecule has 0 saturated carbocycles. The van der Waals surface area contributed by atoms with Crippen LogP contribution < -0.4 is 10.1 Å². The van der Waals surface area contributed by atoms with E-state index in [1.807, 2.05) is 12.1 Å². The molecule has 0 saturated heterocycles. The Kier molecular flexibility index (Phi) is 7.00. The number of aromatic nitrogens is 2. The predicted molar refractivity (Wildman–Crippen MR) is 128 cm³/mol. The number of rotatable bonds is 7. The number of benzene rings is 3. The molecule has 0 aliphatic heterocycles.